The summed E-state index contributed by atoms with van der Waals surface area (Å²) in [5, 5.41) is 8.93. The summed E-state index contributed by atoms with van der Waals surface area (Å²) in [6, 6.07) is -0.0148. The molecule has 0 aliphatic carbocycles. The van der Waals surface area contributed by atoms with Crippen molar-refractivity contribution in [2.75, 3.05) is 24.3 Å². The first-order valence-corrected chi connectivity index (χ1v) is 4.07. The Morgan fingerprint density at radius 3 is 2.69 bits per heavy atom. The van der Waals surface area contributed by atoms with E-state index < -0.39 is 0 Å². The molecular formula is C8H14N4O. The summed E-state index contributed by atoms with van der Waals surface area (Å²) < 4.78 is 0. The summed E-state index contributed by atoms with van der Waals surface area (Å²) in [4.78, 5) is 9.78. The minimum Gasteiger partial charge on any atom is -0.394 e. The Kier molecular flexibility index (Phi) is 3.02. The summed E-state index contributed by atoms with van der Waals surface area (Å²) in [5.74, 6) is 0.981. The number of likely N-dealkylation sites (N-methyl/N-ethyl adjacent to an activating group) is 1. The quantitative estimate of drug-likeness (QED) is 0.681. The SMILES string of the molecule is CC(CO)N(C)c1nccnc1N. The lowest BCUT2D eigenvalue weighted by atomic mass is 10.3. The number of aromatic nitrogens is 2. The summed E-state index contributed by atoms with van der Waals surface area (Å²) in [6.07, 6.45) is 3.11. The summed E-state index contributed by atoms with van der Waals surface area (Å²) >= 11 is 0. The fourth-order valence-corrected chi connectivity index (χ4v) is 0.944. The van der Waals surface area contributed by atoms with E-state index in [0.717, 1.165) is 0 Å². The van der Waals surface area contributed by atoms with E-state index in [0.29, 0.717) is 11.6 Å². The van der Waals surface area contributed by atoms with Crippen molar-refractivity contribution in [2.24, 2.45) is 0 Å². The van der Waals surface area contributed by atoms with E-state index in [1.807, 2.05) is 14.0 Å². The Hall–Kier alpha value is -1.36. The van der Waals surface area contributed by atoms with Crippen LogP contribution in [-0.2, 0) is 0 Å². The molecule has 13 heavy (non-hydrogen) atoms. The number of nitrogens with two attached hydrogens (primary N) is 1. The number of nitrogen functional groups attached to an aromatic ring is 1. The third-order valence-electron chi connectivity index (χ3n) is 1.97. The Labute approximate surface area is 77.2 Å². The molecule has 0 aromatic carbocycles. The minimum absolute atomic E-state index is 0.0148. The van der Waals surface area contributed by atoms with Gasteiger partial charge in [-0.2, -0.15) is 0 Å². The lowest BCUT2D eigenvalue weighted by molar-refractivity contribution is 0.270. The van der Waals surface area contributed by atoms with Crippen molar-refractivity contribution in [3.63, 3.8) is 0 Å². The molecule has 0 saturated heterocycles. The number of aliphatic hydroxyl groups is 1. The molecule has 0 spiro atoms. The highest BCUT2D eigenvalue weighted by Crippen LogP contribution is 2.16. The van der Waals surface area contributed by atoms with Gasteiger partial charge in [-0.15, -0.1) is 0 Å². The molecule has 1 aromatic heterocycles. The van der Waals surface area contributed by atoms with Crippen molar-refractivity contribution in [3.05, 3.63) is 12.4 Å². The molecule has 5 heteroatoms. The van der Waals surface area contributed by atoms with Gasteiger partial charge in [0.15, 0.2) is 11.6 Å². The molecule has 1 heterocycles. The van der Waals surface area contributed by atoms with Crippen LogP contribution in [0, 0.1) is 0 Å². The molecule has 0 radical (unpaired) electrons. The van der Waals surface area contributed by atoms with Crippen LogP contribution in [0.25, 0.3) is 0 Å². The first kappa shape index (κ1) is 9.73. The molecule has 1 rings (SSSR count). The lowest BCUT2D eigenvalue weighted by Gasteiger charge is -2.24. The first-order valence-electron chi connectivity index (χ1n) is 4.07. The van der Waals surface area contributed by atoms with Crippen LogP contribution in [0.15, 0.2) is 12.4 Å². The molecule has 1 unspecified atom stereocenters. The van der Waals surface area contributed by atoms with Crippen molar-refractivity contribution in [2.45, 2.75) is 13.0 Å². The Morgan fingerprint density at radius 1 is 1.54 bits per heavy atom. The van der Waals surface area contributed by atoms with Gasteiger partial charge < -0.3 is 15.7 Å². The van der Waals surface area contributed by atoms with Crippen LogP contribution in [0.4, 0.5) is 11.6 Å². The normalized spacial score (nSPS) is 12.5. The largest absolute Gasteiger partial charge is 0.394 e. The topological polar surface area (TPSA) is 75.3 Å². The molecule has 0 amide bonds. The van der Waals surface area contributed by atoms with Gasteiger partial charge in [0.05, 0.1) is 12.6 Å². The average molecular weight is 182 g/mol. The second kappa shape index (κ2) is 4.04. The van der Waals surface area contributed by atoms with Gasteiger partial charge >= 0.3 is 0 Å². The fraction of sp³-hybridized carbons (Fsp3) is 0.500. The van der Waals surface area contributed by atoms with E-state index in [2.05, 4.69) is 9.97 Å². The second-order valence-corrected chi connectivity index (χ2v) is 2.91. The highest BCUT2D eigenvalue weighted by Gasteiger charge is 2.12. The fourth-order valence-electron chi connectivity index (χ4n) is 0.944. The zero-order chi connectivity index (χ0) is 9.84. The van der Waals surface area contributed by atoms with Crippen LogP contribution in [-0.4, -0.2) is 34.8 Å². The maximum absolute atomic E-state index is 8.93. The van der Waals surface area contributed by atoms with Gasteiger partial charge in [-0.3, -0.25) is 0 Å². The Morgan fingerprint density at radius 2 is 2.15 bits per heavy atom. The standard InChI is InChI=1S/C8H14N4O/c1-6(5-13)12(2)8-7(9)10-3-4-11-8/h3-4,6,13H,5H2,1-2H3,(H2,9,10). The number of hydrogen-bond acceptors (Lipinski definition) is 5. The van der Waals surface area contributed by atoms with Gasteiger partial charge in [0.1, 0.15) is 0 Å². The van der Waals surface area contributed by atoms with Crippen molar-refractivity contribution >= 4 is 11.6 Å². The average Bonchev–Trinajstić information content (AvgIpc) is 2.16. The predicted molar refractivity (Wildman–Crippen MR) is 51.4 cm³/mol. The molecule has 0 aliphatic heterocycles. The number of hydrogen-bond donors (Lipinski definition) is 2. The molecule has 0 bridgehead atoms. The zero-order valence-electron chi connectivity index (χ0n) is 7.81. The van der Waals surface area contributed by atoms with Gasteiger partial charge in [0.2, 0.25) is 0 Å². The monoisotopic (exact) mass is 182 g/mol. The second-order valence-electron chi connectivity index (χ2n) is 2.91. The van der Waals surface area contributed by atoms with E-state index in [4.69, 9.17) is 10.8 Å². The minimum atomic E-state index is -0.0148. The van der Waals surface area contributed by atoms with Crippen molar-refractivity contribution in [1.29, 1.82) is 0 Å². The first-order chi connectivity index (χ1) is 6.16. The molecule has 0 aliphatic rings. The van der Waals surface area contributed by atoms with Crippen molar-refractivity contribution in [1.82, 2.24) is 9.97 Å². The highest BCUT2D eigenvalue weighted by molar-refractivity contribution is 5.57. The lowest BCUT2D eigenvalue weighted by Crippen LogP contribution is -2.33. The van der Waals surface area contributed by atoms with E-state index >= 15 is 0 Å². The summed E-state index contributed by atoms with van der Waals surface area (Å²) in [6.45, 7) is 1.95. The Balaban J connectivity index is 2.88. The van der Waals surface area contributed by atoms with Gasteiger partial charge in [-0.05, 0) is 6.92 Å². The molecular weight excluding hydrogens is 168 g/mol. The smallest absolute Gasteiger partial charge is 0.171 e. The van der Waals surface area contributed by atoms with E-state index in [1.54, 1.807) is 11.1 Å². The van der Waals surface area contributed by atoms with Crippen LogP contribution in [0.5, 0.6) is 0 Å². The van der Waals surface area contributed by atoms with Gasteiger partial charge in [-0.25, -0.2) is 9.97 Å². The van der Waals surface area contributed by atoms with Gasteiger partial charge in [0.25, 0.3) is 0 Å². The maximum atomic E-state index is 8.93. The van der Waals surface area contributed by atoms with Gasteiger partial charge in [-0.1, -0.05) is 0 Å². The third-order valence-corrected chi connectivity index (χ3v) is 1.97. The van der Waals surface area contributed by atoms with Crippen molar-refractivity contribution in [3.8, 4) is 0 Å². The van der Waals surface area contributed by atoms with Crippen LogP contribution >= 0.6 is 0 Å². The molecule has 1 atom stereocenters. The van der Waals surface area contributed by atoms with Gasteiger partial charge in [0, 0.05) is 19.4 Å². The van der Waals surface area contributed by atoms with Crippen LogP contribution < -0.4 is 10.6 Å². The third kappa shape index (κ3) is 2.06. The number of rotatable bonds is 3. The van der Waals surface area contributed by atoms with Crippen LogP contribution in [0.2, 0.25) is 0 Å². The predicted octanol–water partition coefficient (Wildman–Crippen LogP) is -0.124. The summed E-state index contributed by atoms with van der Waals surface area (Å²) in [5.41, 5.74) is 5.62. The molecule has 1 aromatic rings. The van der Waals surface area contributed by atoms with E-state index in [-0.39, 0.29) is 12.6 Å². The van der Waals surface area contributed by atoms with Crippen LogP contribution in [0.3, 0.4) is 0 Å². The number of nitrogens with zero attached hydrogens (tertiary/aromatic N) is 3. The van der Waals surface area contributed by atoms with Crippen molar-refractivity contribution < 1.29 is 5.11 Å². The molecule has 72 valence electrons. The Bertz CT molecular complexity index is 279. The number of anilines is 2. The zero-order valence-corrected chi connectivity index (χ0v) is 7.81. The molecule has 5 nitrogen and oxygen atoms in total. The number of aliphatic hydroxyl groups excluding tert-OH is 1. The molecule has 3 N–H and O–H groups in total. The summed E-state index contributed by atoms with van der Waals surface area (Å²) in [7, 11) is 1.82. The van der Waals surface area contributed by atoms with Crippen LogP contribution in [0.1, 0.15) is 6.92 Å². The van der Waals surface area contributed by atoms with E-state index in [1.165, 1.54) is 6.20 Å². The van der Waals surface area contributed by atoms with E-state index in [9.17, 15) is 0 Å². The molecule has 0 saturated carbocycles. The maximum Gasteiger partial charge on any atom is 0.171 e. The highest BCUT2D eigenvalue weighted by atomic mass is 16.3. The molecule has 0 fully saturated rings.